The minimum atomic E-state index is -0.444. The monoisotopic (exact) mass is 387 g/mol. The maximum absolute atomic E-state index is 13.9. The molecule has 1 aliphatic rings. The number of hydrogen-bond acceptors (Lipinski definition) is 5. The number of amides is 1. The van der Waals surface area contributed by atoms with Crippen molar-refractivity contribution >= 4 is 23.2 Å². The van der Waals surface area contributed by atoms with Gasteiger partial charge in [-0.1, -0.05) is 28.9 Å². The molecule has 1 amide bonds. The summed E-state index contributed by atoms with van der Waals surface area (Å²) in [6.45, 7) is 0.353. The minimum absolute atomic E-state index is 0.0920. The number of anilines is 1. The Kier molecular flexibility index (Phi) is 4.53. The lowest BCUT2D eigenvalue weighted by atomic mass is 10.1. The van der Waals surface area contributed by atoms with Crippen LogP contribution in [0.5, 0.6) is 5.75 Å². The molecule has 3 aromatic rings. The highest BCUT2D eigenvalue weighted by Gasteiger charge is 2.36. The number of aromatic nitrogens is 2. The molecule has 1 fully saturated rings. The zero-order valence-corrected chi connectivity index (χ0v) is 15.1. The van der Waals surface area contributed by atoms with E-state index in [2.05, 4.69) is 10.1 Å². The fraction of sp³-hybridized carbons (Fsp3) is 0.211. The lowest BCUT2D eigenvalue weighted by molar-refractivity contribution is -0.117. The van der Waals surface area contributed by atoms with Gasteiger partial charge in [0.1, 0.15) is 11.6 Å². The normalized spacial score (nSPS) is 16.8. The lowest BCUT2D eigenvalue weighted by Crippen LogP contribution is -2.24. The Morgan fingerprint density at radius 1 is 1.30 bits per heavy atom. The van der Waals surface area contributed by atoms with E-state index in [-0.39, 0.29) is 29.7 Å². The van der Waals surface area contributed by atoms with Crippen molar-refractivity contribution in [3.8, 4) is 17.2 Å². The number of carbonyl (C=O) groups excluding carboxylic acids is 1. The van der Waals surface area contributed by atoms with E-state index in [0.29, 0.717) is 28.8 Å². The standard InChI is InChI=1S/C19H15ClFN3O3/c1-26-16-7-6-12(20)9-15(16)24-10-11(8-17(24)25)18-22-19(27-23-18)13-4-2-3-5-14(13)21/h2-7,9,11H,8,10H2,1H3. The minimum Gasteiger partial charge on any atom is -0.495 e. The second-order valence-electron chi connectivity index (χ2n) is 6.16. The van der Waals surface area contributed by atoms with Crippen molar-refractivity contribution in [2.45, 2.75) is 12.3 Å². The molecule has 1 saturated heterocycles. The summed E-state index contributed by atoms with van der Waals surface area (Å²) < 4.78 is 24.5. The molecule has 0 N–H and O–H groups in total. The molecule has 2 heterocycles. The number of benzene rings is 2. The van der Waals surface area contributed by atoms with E-state index >= 15 is 0 Å². The molecule has 0 aliphatic carbocycles. The fourth-order valence-electron chi connectivity index (χ4n) is 3.13. The van der Waals surface area contributed by atoms with Gasteiger partial charge in [-0.25, -0.2) is 4.39 Å². The van der Waals surface area contributed by atoms with Crippen LogP contribution in [0.1, 0.15) is 18.2 Å². The van der Waals surface area contributed by atoms with Gasteiger partial charge < -0.3 is 14.2 Å². The molecule has 1 aromatic heterocycles. The average Bonchev–Trinajstić information content (AvgIpc) is 3.29. The third-order valence-electron chi connectivity index (χ3n) is 4.47. The van der Waals surface area contributed by atoms with Crippen molar-refractivity contribution in [2.24, 2.45) is 0 Å². The molecule has 1 aliphatic heterocycles. The Morgan fingerprint density at radius 3 is 2.89 bits per heavy atom. The number of ether oxygens (including phenoxy) is 1. The van der Waals surface area contributed by atoms with E-state index < -0.39 is 5.82 Å². The summed E-state index contributed by atoms with van der Waals surface area (Å²) in [5, 5.41) is 4.45. The van der Waals surface area contributed by atoms with Gasteiger partial charge in [0.05, 0.1) is 18.4 Å². The van der Waals surface area contributed by atoms with Crippen LogP contribution >= 0.6 is 11.6 Å². The molecular formula is C19H15ClFN3O3. The summed E-state index contributed by atoms with van der Waals surface area (Å²) >= 11 is 6.07. The summed E-state index contributed by atoms with van der Waals surface area (Å²) in [5.74, 6) is 0.191. The Morgan fingerprint density at radius 2 is 2.11 bits per heavy atom. The third kappa shape index (κ3) is 3.26. The van der Waals surface area contributed by atoms with E-state index in [1.165, 1.54) is 13.2 Å². The van der Waals surface area contributed by atoms with Gasteiger partial charge in [0.25, 0.3) is 5.89 Å². The largest absolute Gasteiger partial charge is 0.495 e. The summed E-state index contributed by atoms with van der Waals surface area (Å²) in [5.41, 5.74) is 0.823. The summed E-state index contributed by atoms with van der Waals surface area (Å²) in [6.07, 6.45) is 0.214. The van der Waals surface area contributed by atoms with Crippen LogP contribution in [-0.4, -0.2) is 29.7 Å². The first-order valence-electron chi connectivity index (χ1n) is 8.29. The van der Waals surface area contributed by atoms with Crippen LogP contribution in [0.25, 0.3) is 11.5 Å². The Labute approximate surface area is 159 Å². The van der Waals surface area contributed by atoms with E-state index in [0.717, 1.165) is 0 Å². The summed E-state index contributed by atoms with van der Waals surface area (Å²) in [6, 6.07) is 11.3. The number of methoxy groups -OCH3 is 1. The Hall–Kier alpha value is -2.93. The molecule has 138 valence electrons. The van der Waals surface area contributed by atoms with Crippen molar-refractivity contribution in [1.29, 1.82) is 0 Å². The highest BCUT2D eigenvalue weighted by atomic mass is 35.5. The SMILES string of the molecule is COc1ccc(Cl)cc1N1CC(c2noc(-c3ccccc3F)n2)CC1=O. The van der Waals surface area contributed by atoms with Gasteiger partial charge in [0.15, 0.2) is 5.82 Å². The van der Waals surface area contributed by atoms with Crippen molar-refractivity contribution in [1.82, 2.24) is 10.1 Å². The molecule has 27 heavy (non-hydrogen) atoms. The van der Waals surface area contributed by atoms with E-state index in [1.807, 2.05) is 0 Å². The maximum Gasteiger partial charge on any atom is 0.260 e. The Bertz CT molecular complexity index is 1010. The quantitative estimate of drug-likeness (QED) is 0.675. The summed E-state index contributed by atoms with van der Waals surface area (Å²) in [4.78, 5) is 18.4. The molecule has 0 spiro atoms. The average molecular weight is 388 g/mol. The van der Waals surface area contributed by atoms with Gasteiger partial charge in [-0.15, -0.1) is 0 Å². The highest BCUT2D eigenvalue weighted by molar-refractivity contribution is 6.31. The van der Waals surface area contributed by atoms with Crippen LogP contribution in [0.2, 0.25) is 5.02 Å². The van der Waals surface area contributed by atoms with E-state index in [9.17, 15) is 9.18 Å². The number of rotatable bonds is 4. The predicted molar refractivity (Wildman–Crippen MR) is 97.4 cm³/mol. The summed E-state index contributed by atoms with van der Waals surface area (Å²) in [7, 11) is 1.53. The van der Waals surface area contributed by atoms with Crippen LogP contribution in [0.4, 0.5) is 10.1 Å². The van der Waals surface area contributed by atoms with Gasteiger partial charge in [0.2, 0.25) is 5.91 Å². The van der Waals surface area contributed by atoms with Crippen molar-refractivity contribution < 1.29 is 18.4 Å². The number of carbonyl (C=O) groups is 1. The highest BCUT2D eigenvalue weighted by Crippen LogP contribution is 2.37. The van der Waals surface area contributed by atoms with Crippen LogP contribution in [0, 0.1) is 5.82 Å². The number of nitrogens with zero attached hydrogens (tertiary/aromatic N) is 3. The molecule has 0 saturated carbocycles. The maximum atomic E-state index is 13.9. The first kappa shape index (κ1) is 17.5. The molecule has 8 heteroatoms. The smallest absolute Gasteiger partial charge is 0.260 e. The van der Waals surface area contributed by atoms with Crippen molar-refractivity contribution in [2.75, 3.05) is 18.6 Å². The zero-order valence-electron chi connectivity index (χ0n) is 14.4. The first-order valence-corrected chi connectivity index (χ1v) is 8.67. The van der Waals surface area contributed by atoms with Crippen molar-refractivity contribution in [3.63, 3.8) is 0 Å². The third-order valence-corrected chi connectivity index (χ3v) is 4.70. The molecule has 2 aromatic carbocycles. The second-order valence-corrected chi connectivity index (χ2v) is 6.60. The van der Waals surface area contributed by atoms with Gasteiger partial charge in [-0.3, -0.25) is 4.79 Å². The molecular weight excluding hydrogens is 373 g/mol. The van der Waals surface area contributed by atoms with Gasteiger partial charge in [-0.2, -0.15) is 4.98 Å². The molecule has 6 nitrogen and oxygen atoms in total. The lowest BCUT2D eigenvalue weighted by Gasteiger charge is -2.19. The predicted octanol–water partition coefficient (Wildman–Crippen LogP) is 4.06. The topological polar surface area (TPSA) is 68.5 Å². The molecule has 1 atom stereocenters. The van der Waals surface area contributed by atoms with Crippen LogP contribution in [0.3, 0.4) is 0 Å². The number of hydrogen-bond donors (Lipinski definition) is 0. The van der Waals surface area contributed by atoms with Crippen LogP contribution in [0.15, 0.2) is 47.0 Å². The van der Waals surface area contributed by atoms with Gasteiger partial charge >= 0.3 is 0 Å². The molecule has 1 unspecified atom stereocenters. The van der Waals surface area contributed by atoms with Gasteiger partial charge in [-0.05, 0) is 30.3 Å². The first-order chi connectivity index (χ1) is 13.1. The molecule has 0 bridgehead atoms. The van der Waals surface area contributed by atoms with Crippen LogP contribution in [-0.2, 0) is 4.79 Å². The zero-order chi connectivity index (χ0) is 19.0. The van der Waals surface area contributed by atoms with E-state index in [1.54, 1.807) is 41.3 Å². The van der Waals surface area contributed by atoms with E-state index in [4.69, 9.17) is 20.9 Å². The fourth-order valence-corrected chi connectivity index (χ4v) is 3.30. The molecule has 4 rings (SSSR count). The van der Waals surface area contributed by atoms with Crippen molar-refractivity contribution in [3.05, 3.63) is 59.1 Å². The molecule has 0 radical (unpaired) electrons. The number of halogens is 2. The second kappa shape index (κ2) is 7.00. The van der Waals surface area contributed by atoms with Crippen LogP contribution < -0.4 is 9.64 Å². The van der Waals surface area contributed by atoms with Gasteiger partial charge in [0, 0.05) is 23.9 Å². The Balaban J connectivity index is 1.60.